The van der Waals surface area contributed by atoms with Gasteiger partial charge in [0.25, 0.3) is 0 Å². The van der Waals surface area contributed by atoms with Gasteiger partial charge < -0.3 is 9.64 Å². The van der Waals surface area contributed by atoms with Crippen LogP contribution in [0.1, 0.15) is 37.3 Å². The van der Waals surface area contributed by atoms with E-state index in [0.717, 1.165) is 24.5 Å². The van der Waals surface area contributed by atoms with E-state index in [1.807, 2.05) is 23.9 Å². The number of hydrogen-bond donors (Lipinski definition) is 0. The van der Waals surface area contributed by atoms with Gasteiger partial charge in [0.15, 0.2) is 0 Å². The summed E-state index contributed by atoms with van der Waals surface area (Å²) in [6.07, 6.45) is 2.86. The van der Waals surface area contributed by atoms with Crippen LogP contribution in [0.3, 0.4) is 0 Å². The minimum Gasteiger partial charge on any atom is -0.380 e. The van der Waals surface area contributed by atoms with E-state index in [1.54, 1.807) is 13.3 Å². The third-order valence-electron chi connectivity index (χ3n) is 5.75. The van der Waals surface area contributed by atoms with Crippen molar-refractivity contribution in [3.63, 3.8) is 0 Å². The van der Waals surface area contributed by atoms with Crippen LogP contribution in [0.2, 0.25) is 5.02 Å². The second kappa shape index (κ2) is 10.1. The van der Waals surface area contributed by atoms with Gasteiger partial charge in [-0.25, -0.2) is 4.98 Å². The monoisotopic (exact) mass is 452 g/mol. The van der Waals surface area contributed by atoms with Gasteiger partial charge in [-0.15, -0.1) is 11.8 Å². The van der Waals surface area contributed by atoms with Gasteiger partial charge in [-0.3, -0.25) is 0 Å². The molecule has 0 bridgehead atoms. The zero-order valence-electron chi connectivity index (χ0n) is 18.3. The van der Waals surface area contributed by atoms with Crippen molar-refractivity contribution in [1.29, 1.82) is 0 Å². The molecule has 0 saturated carbocycles. The van der Waals surface area contributed by atoms with Crippen molar-refractivity contribution >= 4 is 29.1 Å². The SMILES string of the molecule is COCc1cc(-c2ccccc2C(C)C)ccc1N1CC[C@H](Sc2ccc(Cl)cn2)C1. The maximum atomic E-state index is 5.97. The molecule has 0 spiro atoms. The highest BCUT2D eigenvalue weighted by Gasteiger charge is 2.26. The number of hydrogen-bond acceptors (Lipinski definition) is 4. The first kappa shape index (κ1) is 22.2. The van der Waals surface area contributed by atoms with Gasteiger partial charge in [0.2, 0.25) is 0 Å². The lowest BCUT2D eigenvalue weighted by Gasteiger charge is -2.23. The van der Waals surface area contributed by atoms with Crippen molar-refractivity contribution in [1.82, 2.24) is 4.98 Å². The third kappa shape index (κ3) is 5.25. The molecule has 1 aliphatic heterocycles. The lowest BCUT2D eigenvalue weighted by molar-refractivity contribution is 0.185. The summed E-state index contributed by atoms with van der Waals surface area (Å²) in [6, 6.07) is 19.5. The average Bonchev–Trinajstić information content (AvgIpc) is 3.24. The normalized spacial score (nSPS) is 16.3. The number of anilines is 1. The molecule has 1 aromatic heterocycles. The Morgan fingerprint density at radius 2 is 2.00 bits per heavy atom. The van der Waals surface area contributed by atoms with E-state index in [0.29, 0.717) is 22.8 Å². The molecule has 0 amide bonds. The second-order valence-electron chi connectivity index (χ2n) is 8.31. The highest BCUT2D eigenvalue weighted by atomic mass is 35.5. The fourth-order valence-electron chi connectivity index (χ4n) is 4.24. The number of pyridine rings is 1. The zero-order valence-corrected chi connectivity index (χ0v) is 19.9. The number of nitrogens with zero attached hydrogens (tertiary/aromatic N) is 2. The quantitative estimate of drug-likeness (QED) is 0.383. The standard InChI is InChI=1S/C26H29ClN2OS/c1-18(2)23-6-4-5-7-24(23)19-8-10-25(20(14-19)17-30-3)29-13-12-22(16-29)31-26-11-9-21(27)15-28-26/h4-11,14-15,18,22H,12-13,16-17H2,1-3H3/t22-/m0/s1. The van der Waals surface area contributed by atoms with Gasteiger partial charge >= 0.3 is 0 Å². The summed E-state index contributed by atoms with van der Waals surface area (Å²) in [5, 5.41) is 2.24. The van der Waals surface area contributed by atoms with Crippen molar-refractivity contribution in [2.24, 2.45) is 0 Å². The lowest BCUT2D eigenvalue weighted by atomic mass is 9.91. The van der Waals surface area contributed by atoms with Crippen LogP contribution in [0.25, 0.3) is 11.1 Å². The summed E-state index contributed by atoms with van der Waals surface area (Å²) in [6.45, 7) is 7.17. The van der Waals surface area contributed by atoms with Crippen molar-refractivity contribution in [3.05, 3.63) is 76.9 Å². The van der Waals surface area contributed by atoms with E-state index in [2.05, 4.69) is 66.2 Å². The molecule has 0 unspecified atom stereocenters. The van der Waals surface area contributed by atoms with Gasteiger partial charge in [-0.05, 0) is 53.3 Å². The van der Waals surface area contributed by atoms with Gasteiger partial charge in [0.1, 0.15) is 0 Å². The van der Waals surface area contributed by atoms with Crippen molar-refractivity contribution in [3.8, 4) is 11.1 Å². The molecule has 1 fully saturated rings. The summed E-state index contributed by atoms with van der Waals surface area (Å²) in [5.74, 6) is 0.486. The predicted molar refractivity (Wildman–Crippen MR) is 132 cm³/mol. The number of halogens is 1. The van der Waals surface area contributed by atoms with Gasteiger partial charge in [0.05, 0.1) is 16.7 Å². The largest absolute Gasteiger partial charge is 0.380 e. The Bertz CT molecular complexity index is 1020. The molecule has 0 N–H and O–H groups in total. The number of benzene rings is 2. The molecular weight excluding hydrogens is 424 g/mol. The molecule has 3 aromatic rings. The van der Waals surface area contributed by atoms with Crippen LogP contribution < -0.4 is 4.90 Å². The molecule has 1 atom stereocenters. The Morgan fingerprint density at radius 1 is 1.16 bits per heavy atom. The molecule has 3 nitrogen and oxygen atoms in total. The molecule has 2 heterocycles. The van der Waals surface area contributed by atoms with E-state index >= 15 is 0 Å². The minimum atomic E-state index is 0.486. The molecule has 31 heavy (non-hydrogen) atoms. The first-order valence-electron chi connectivity index (χ1n) is 10.8. The molecule has 1 saturated heterocycles. The van der Waals surface area contributed by atoms with E-state index in [4.69, 9.17) is 16.3 Å². The van der Waals surface area contributed by atoms with E-state index in [1.165, 1.54) is 27.9 Å². The Balaban J connectivity index is 1.56. The molecule has 0 aliphatic carbocycles. The number of aromatic nitrogens is 1. The van der Waals surface area contributed by atoms with E-state index < -0.39 is 0 Å². The van der Waals surface area contributed by atoms with Crippen molar-refractivity contribution in [2.75, 3.05) is 25.1 Å². The lowest BCUT2D eigenvalue weighted by Crippen LogP contribution is -2.22. The molecule has 4 rings (SSSR count). The highest BCUT2D eigenvalue weighted by molar-refractivity contribution is 7.99. The van der Waals surface area contributed by atoms with Gasteiger partial charge in [-0.2, -0.15) is 0 Å². The molecule has 5 heteroatoms. The number of methoxy groups -OCH3 is 1. The number of thioether (sulfide) groups is 1. The Labute approximate surface area is 194 Å². The Hall–Kier alpha value is -2.01. The maximum absolute atomic E-state index is 5.97. The van der Waals surface area contributed by atoms with E-state index in [9.17, 15) is 0 Å². The number of rotatable bonds is 7. The summed E-state index contributed by atoms with van der Waals surface area (Å²) in [4.78, 5) is 6.93. The molecule has 1 aliphatic rings. The predicted octanol–water partition coefficient (Wildman–Crippen LogP) is 7.04. The molecule has 2 aromatic carbocycles. The van der Waals surface area contributed by atoms with Crippen molar-refractivity contribution < 1.29 is 4.74 Å². The second-order valence-corrected chi connectivity index (χ2v) is 10.1. The molecule has 0 radical (unpaired) electrons. The van der Waals surface area contributed by atoms with E-state index in [-0.39, 0.29) is 0 Å². The van der Waals surface area contributed by atoms with Crippen LogP contribution in [0.15, 0.2) is 65.8 Å². The van der Waals surface area contributed by atoms with Crippen LogP contribution in [0.4, 0.5) is 5.69 Å². The summed E-state index contributed by atoms with van der Waals surface area (Å²) in [5.41, 5.74) is 6.47. The third-order valence-corrected chi connectivity index (χ3v) is 7.17. The fraction of sp³-hybridized carbons (Fsp3) is 0.346. The maximum Gasteiger partial charge on any atom is 0.0964 e. The molecule has 162 valence electrons. The summed E-state index contributed by atoms with van der Waals surface area (Å²) >= 11 is 7.81. The van der Waals surface area contributed by atoms with Crippen LogP contribution in [-0.4, -0.2) is 30.4 Å². The average molecular weight is 453 g/mol. The van der Waals surface area contributed by atoms with Gasteiger partial charge in [0, 0.05) is 42.9 Å². The van der Waals surface area contributed by atoms with Crippen LogP contribution in [-0.2, 0) is 11.3 Å². The minimum absolute atomic E-state index is 0.486. The summed E-state index contributed by atoms with van der Waals surface area (Å²) < 4.78 is 5.58. The highest BCUT2D eigenvalue weighted by Crippen LogP contribution is 2.36. The Morgan fingerprint density at radius 3 is 2.74 bits per heavy atom. The first-order valence-corrected chi connectivity index (χ1v) is 12.0. The Kier molecular flexibility index (Phi) is 7.21. The topological polar surface area (TPSA) is 25.4 Å². The molecular formula is C26H29ClN2OS. The van der Waals surface area contributed by atoms with Crippen LogP contribution >= 0.6 is 23.4 Å². The smallest absolute Gasteiger partial charge is 0.0964 e. The first-order chi connectivity index (χ1) is 15.0. The van der Waals surface area contributed by atoms with Crippen molar-refractivity contribution in [2.45, 2.75) is 43.1 Å². The fourth-order valence-corrected chi connectivity index (χ4v) is 5.43. The van der Waals surface area contributed by atoms with Crippen LogP contribution in [0.5, 0.6) is 0 Å². The zero-order chi connectivity index (χ0) is 21.8. The summed E-state index contributed by atoms with van der Waals surface area (Å²) in [7, 11) is 1.77. The van der Waals surface area contributed by atoms with Crippen LogP contribution in [0, 0.1) is 0 Å². The number of ether oxygens (including phenoxy) is 1. The van der Waals surface area contributed by atoms with Gasteiger partial charge in [-0.1, -0.05) is 55.8 Å².